The van der Waals surface area contributed by atoms with Crippen molar-refractivity contribution in [1.82, 2.24) is 9.97 Å². The number of rotatable bonds is 0. The number of hydrogen-bond acceptors (Lipinski definition) is 3. The third-order valence-corrected chi connectivity index (χ3v) is 4.31. The van der Waals surface area contributed by atoms with Gasteiger partial charge < -0.3 is 0 Å². The van der Waals surface area contributed by atoms with Crippen LogP contribution in [0.5, 0.6) is 0 Å². The molecule has 0 saturated heterocycles. The summed E-state index contributed by atoms with van der Waals surface area (Å²) in [6, 6.07) is 14.0. The van der Waals surface area contributed by atoms with Crippen molar-refractivity contribution in [2.45, 2.75) is 13.5 Å². The minimum Gasteiger partial charge on any atom is -0.292 e. The summed E-state index contributed by atoms with van der Waals surface area (Å²) in [4.78, 5) is 23.0. The van der Waals surface area contributed by atoms with E-state index in [1.54, 1.807) is 11.8 Å². The average Bonchev–Trinajstić information content (AvgIpc) is 2.51. The number of para-hydroxylation sites is 1. The summed E-state index contributed by atoms with van der Waals surface area (Å²) in [5.41, 5.74) is 3.80. The molecule has 0 aliphatic carbocycles. The molecule has 0 unspecified atom stereocenters. The topological polar surface area (TPSA) is 46.1 Å². The van der Waals surface area contributed by atoms with Gasteiger partial charge in [0.25, 0.3) is 0 Å². The maximum Gasteiger partial charge on any atom is 0.225 e. The van der Waals surface area contributed by atoms with Crippen LogP contribution >= 0.6 is 15.9 Å². The number of carbonyl (C=O) groups excluding carboxylic acids is 1. The molecule has 4 nitrogen and oxygen atoms in total. The fourth-order valence-corrected chi connectivity index (χ4v) is 3.14. The predicted octanol–water partition coefficient (Wildman–Crippen LogP) is 3.93. The minimum atomic E-state index is -0.0225. The first-order chi connectivity index (χ1) is 10.6. The number of benzene rings is 1. The van der Waals surface area contributed by atoms with E-state index < -0.39 is 0 Å². The number of anilines is 1. The van der Waals surface area contributed by atoms with E-state index in [9.17, 15) is 4.79 Å². The van der Waals surface area contributed by atoms with Crippen molar-refractivity contribution in [3.8, 4) is 11.3 Å². The van der Waals surface area contributed by atoms with Crippen LogP contribution in [0.1, 0.15) is 12.5 Å². The highest BCUT2D eigenvalue weighted by atomic mass is 79.9. The zero-order valence-corrected chi connectivity index (χ0v) is 13.5. The predicted molar refractivity (Wildman–Crippen MR) is 89.5 cm³/mol. The molecule has 3 aromatic rings. The van der Waals surface area contributed by atoms with Crippen LogP contribution in [0, 0.1) is 0 Å². The number of halogens is 1. The lowest BCUT2D eigenvalue weighted by Gasteiger charge is -2.29. The molecular weight excluding hydrogens is 342 g/mol. The molecule has 108 valence electrons. The fraction of sp³-hybridized carbons (Fsp3) is 0.118. The van der Waals surface area contributed by atoms with E-state index in [2.05, 4.69) is 27.0 Å². The maximum atomic E-state index is 12.0. The van der Waals surface area contributed by atoms with Gasteiger partial charge in [-0.3, -0.25) is 9.69 Å². The van der Waals surface area contributed by atoms with Crippen LogP contribution < -0.4 is 4.90 Å². The summed E-state index contributed by atoms with van der Waals surface area (Å²) >= 11 is 3.38. The Morgan fingerprint density at radius 2 is 2.00 bits per heavy atom. The number of hydrogen-bond donors (Lipinski definition) is 0. The second-order valence-corrected chi connectivity index (χ2v) is 6.11. The van der Waals surface area contributed by atoms with Crippen LogP contribution in [-0.4, -0.2) is 15.9 Å². The highest BCUT2D eigenvalue weighted by Crippen LogP contribution is 2.38. The van der Waals surface area contributed by atoms with E-state index in [0.29, 0.717) is 17.0 Å². The molecule has 0 bridgehead atoms. The Morgan fingerprint density at radius 1 is 1.18 bits per heavy atom. The van der Waals surface area contributed by atoms with Crippen LogP contribution in [0.25, 0.3) is 22.2 Å². The van der Waals surface area contributed by atoms with Crippen LogP contribution in [0.3, 0.4) is 0 Å². The molecule has 1 amide bonds. The van der Waals surface area contributed by atoms with E-state index in [1.807, 2.05) is 36.4 Å². The van der Waals surface area contributed by atoms with Crippen LogP contribution in [0.4, 0.5) is 5.82 Å². The summed E-state index contributed by atoms with van der Waals surface area (Å²) in [5, 5.41) is 1.08. The van der Waals surface area contributed by atoms with Crippen molar-refractivity contribution in [3.05, 3.63) is 52.6 Å². The Kier molecular flexibility index (Phi) is 2.97. The van der Waals surface area contributed by atoms with Gasteiger partial charge in [-0.1, -0.05) is 18.2 Å². The summed E-state index contributed by atoms with van der Waals surface area (Å²) in [6.07, 6.45) is 0. The van der Waals surface area contributed by atoms with E-state index in [1.165, 1.54) is 0 Å². The molecule has 4 rings (SSSR count). The SMILES string of the molecule is CC(=O)N1Cc2cc3ccccc3nc2-c2ccc(Br)nc21. The van der Waals surface area contributed by atoms with Gasteiger partial charge in [0.2, 0.25) is 5.91 Å². The molecule has 1 aliphatic heterocycles. The van der Waals surface area contributed by atoms with Gasteiger partial charge in [-0.2, -0.15) is 0 Å². The third kappa shape index (κ3) is 2.01. The molecule has 0 saturated carbocycles. The van der Waals surface area contributed by atoms with Gasteiger partial charge in [-0.25, -0.2) is 9.97 Å². The average molecular weight is 354 g/mol. The molecule has 2 aromatic heterocycles. The van der Waals surface area contributed by atoms with Crippen molar-refractivity contribution in [3.63, 3.8) is 0 Å². The second kappa shape index (κ2) is 4.88. The van der Waals surface area contributed by atoms with Crippen molar-refractivity contribution in [1.29, 1.82) is 0 Å². The van der Waals surface area contributed by atoms with Crippen molar-refractivity contribution >= 4 is 38.6 Å². The fourth-order valence-electron chi connectivity index (χ4n) is 2.84. The smallest absolute Gasteiger partial charge is 0.225 e. The summed E-state index contributed by atoms with van der Waals surface area (Å²) in [5.74, 6) is 0.641. The van der Waals surface area contributed by atoms with Crippen LogP contribution in [0.2, 0.25) is 0 Å². The lowest BCUT2D eigenvalue weighted by molar-refractivity contribution is -0.116. The number of pyridine rings is 2. The number of fused-ring (bicyclic) bond motifs is 4. The Labute approximate surface area is 135 Å². The molecule has 0 atom stereocenters. The van der Waals surface area contributed by atoms with Gasteiger partial charge in [-0.05, 0) is 45.8 Å². The molecule has 3 heterocycles. The van der Waals surface area contributed by atoms with Crippen LogP contribution in [-0.2, 0) is 11.3 Å². The largest absolute Gasteiger partial charge is 0.292 e. The number of amides is 1. The molecule has 5 heteroatoms. The quantitative estimate of drug-likeness (QED) is 0.575. The van der Waals surface area contributed by atoms with Gasteiger partial charge in [-0.15, -0.1) is 0 Å². The molecular formula is C17H12BrN3O. The molecule has 1 aliphatic rings. The van der Waals surface area contributed by atoms with E-state index >= 15 is 0 Å². The third-order valence-electron chi connectivity index (χ3n) is 3.86. The van der Waals surface area contributed by atoms with E-state index in [-0.39, 0.29) is 5.91 Å². The highest BCUT2D eigenvalue weighted by Gasteiger charge is 2.27. The molecule has 22 heavy (non-hydrogen) atoms. The second-order valence-electron chi connectivity index (χ2n) is 5.30. The Hall–Kier alpha value is -2.27. The Bertz CT molecular complexity index is 923. The van der Waals surface area contributed by atoms with Gasteiger partial charge in [0.05, 0.1) is 17.8 Å². The first-order valence-corrected chi connectivity index (χ1v) is 7.76. The zero-order chi connectivity index (χ0) is 15.3. The number of nitrogens with zero attached hydrogens (tertiary/aromatic N) is 3. The molecule has 1 aromatic carbocycles. The van der Waals surface area contributed by atoms with Crippen molar-refractivity contribution in [2.75, 3.05) is 4.90 Å². The van der Waals surface area contributed by atoms with Gasteiger partial charge in [0.1, 0.15) is 10.4 Å². The number of carbonyl (C=O) groups is 1. The molecule has 0 fully saturated rings. The maximum absolute atomic E-state index is 12.0. The zero-order valence-electron chi connectivity index (χ0n) is 11.9. The normalized spacial score (nSPS) is 12.9. The lowest BCUT2D eigenvalue weighted by Crippen LogP contribution is -2.32. The van der Waals surface area contributed by atoms with Gasteiger partial charge in [0, 0.05) is 17.9 Å². The summed E-state index contributed by atoms with van der Waals surface area (Å²) in [7, 11) is 0. The summed E-state index contributed by atoms with van der Waals surface area (Å²) < 4.78 is 0.710. The first-order valence-electron chi connectivity index (χ1n) is 6.97. The standard InChI is InChI=1S/C17H12BrN3O/c1-10(22)21-9-12-8-11-4-2-3-5-14(11)19-16(12)13-6-7-15(18)20-17(13)21/h2-8H,9H2,1H3. The Balaban J connectivity index is 2.03. The van der Waals surface area contributed by atoms with Gasteiger partial charge >= 0.3 is 0 Å². The molecule has 0 N–H and O–H groups in total. The van der Waals surface area contributed by atoms with Crippen LogP contribution in [0.15, 0.2) is 47.1 Å². The van der Waals surface area contributed by atoms with Crippen molar-refractivity contribution in [2.24, 2.45) is 0 Å². The lowest BCUT2D eigenvalue weighted by atomic mass is 9.99. The molecule has 0 spiro atoms. The van der Waals surface area contributed by atoms with Crippen molar-refractivity contribution < 1.29 is 4.79 Å². The van der Waals surface area contributed by atoms with Gasteiger partial charge in [0.15, 0.2) is 0 Å². The van der Waals surface area contributed by atoms with E-state index in [0.717, 1.165) is 27.7 Å². The monoisotopic (exact) mass is 353 g/mol. The first kappa shape index (κ1) is 13.4. The minimum absolute atomic E-state index is 0.0225. The highest BCUT2D eigenvalue weighted by molar-refractivity contribution is 9.10. The number of aromatic nitrogens is 2. The Morgan fingerprint density at radius 3 is 2.82 bits per heavy atom. The van der Waals surface area contributed by atoms with E-state index in [4.69, 9.17) is 4.98 Å². The molecule has 0 radical (unpaired) electrons. The summed E-state index contributed by atoms with van der Waals surface area (Å²) in [6.45, 7) is 2.06.